The average Bonchev–Trinajstić information content (AvgIpc) is 2.63. The van der Waals surface area contributed by atoms with Crippen molar-refractivity contribution in [1.29, 1.82) is 0 Å². The van der Waals surface area contributed by atoms with E-state index in [4.69, 9.17) is 0 Å². The molecule has 4 nitrogen and oxygen atoms in total. The predicted octanol–water partition coefficient (Wildman–Crippen LogP) is 4.74. The molecule has 0 spiro atoms. The van der Waals surface area contributed by atoms with Gasteiger partial charge in [0.05, 0.1) is 5.69 Å². The van der Waals surface area contributed by atoms with Crippen LogP contribution in [0.2, 0.25) is 0 Å². The number of piperidine rings is 1. The van der Waals surface area contributed by atoms with Gasteiger partial charge in [-0.05, 0) is 55.7 Å². The van der Waals surface area contributed by atoms with Gasteiger partial charge in [0.1, 0.15) is 0 Å². The van der Waals surface area contributed by atoms with E-state index in [0.717, 1.165) is 30.9 Å². The van der Waals surface area contributed by atoms with Crippen molar-refractivity contribution in [3.8, 4) is 0 Å². The molecule has 0 unspecified atom stereocenters. The van der Waals surface area contributed by atoms with Crippen molar-refractivity contribution in [2.45, 2.75) is 19.3 Å². The molecule has 132 valence electrons. The highest BCUT2D eigenvalue weighted by molar-refractivity contribution is 5.99. The van der Waals surface area contributed by atoms with Gasteiger partial charge in [0, 0.05) is 24.5 Å². The minimum absolute atomic E-state index is 0.429. The summed E-state index contributed by atoms with van der Waals surface area (Å²) in [6.45, 7) is 2.03. The number of urea groups is 1. The number of nitrogens with one attached hydrogen (secondary N) is 2. The highest BCUT2D eigenvalue weighted by atomic mass is 19.2. The molecule has 0 aliphatic carbocycles. The summed E-state index contributed by atoms with van der Waals surface area (Å²) in [5.74, 6) is -4.36. The summed E-state index contributed by atoms with van der Waals surface area (Å²) in [6.07, 6.45) is 3.58. The van der Waals surface area contributed by atoms with E-state index in [2.05, 4.69) is 15.5 Å². The van der Waals surface area contributed by atoms with Crippen LogP contribution in [-0.4, -0.2) is 19.1 Å². The fraction of sp³-hybridized carbons (Fsp3) is 0.278. The number of hydrogen-bond acceptors (Lipinski definition) is 2. The van der Waals surface area contributed by atoms with Gasteiger partial charge in [-0.25, -0.2) is 18.0 Å². The van der Waals surface area contributed by atoms with E-state index in [1.54, 1.807) is 12.1 Å². The molecular formula is C18H18F3N3O. The minimum atomic E-state index is -1.62. The Labute approximate surface area is 143 Å². The molecule has 1 aliphatic heterocycles. The zero-order chi connectivity index (χ0) is 17.8. The number of benzene rings is 2. The van der Waals surface area contributed by atoms with E-state index < -0.39 is 29.2 Å². The van der Waals surface area contributed by atoms with Gasteiger partial charge in [-0.3, -0.25) is 0 Å². The fourth-order valence-electron chi connectivity index (χ4n) is 2.81. The normalized spacial score (nSPS) is 14.3. The number of carbonyl (C=O) groups excluding carboxylic acids is 1. The molecule has 1 saturated heterocycles. The first-order chi connectivity index (χ1) is 12.0. The molecule has 3 rings (SSSR count). The van der Waals surface area contributed by atoms with Crippen LogP contribution in [0.4, 0.5) is 35.0 Å². The van der Waals surface area contributed by atoms with E-state index in [9.17, 15) is 18.0 Å². The Hall–Kier alpha value is -2.70. The van der Waals surface area contributed by atoms with Crippen LogP contribution in [0, 0.1) is 17.5 Å². The van der Waals surface area contributed by atoms with Crippen LogP contribution in [0.25, 0.3) is 0 Å². The van der Waals surface area contributed by atoms with E-state index in [1.165, 1.54) is 19.3 Å². The zero-order valence-electron chi connectivity index (χ0n) is 13.5. The lowest BCUT2D eigenvalue weighted by Gasteiger charge is -2.28. The van der Waals surface area contributed by atoms with Crippen LogP contribution in [0.1, 0.15) is 19.3 Å². The average molecular weight is 349 g/mol. The van der Waals surface area contributed by atoms with Crippen LogP contribution < -0.4 is 15.5 Å². The standard InChI is InChI=1S/C18H18F3N3O/c19-14-8-9-15(17(21)16(14)20)23-18(25)22-12-4-6-13(7-5-12)24-10-2-1-3-11-24/h4-9H,1-3,10-11H2,(H2,22,23,25). The van der Waals surface area contributed by atoms with E-state index in [1.807, 2.05) is 12.1 Å². The summed E-state index contributed by atoms with van der Waals surface area (Å²) in [7, 11) is 0. The Morgan fingerprint density at radius 3 is 2.20 bits per heavy atom. The highest BCUT2D eigenvalue weighted by Gasteiger charge is 2.15. The van der Waals surface area contributed by atoms with E-state index in [-0.39, 0.29) is 0 Å². The van der Waals surface area contributed by atoms with E-state index in [0.29, 0.717) is 5.69 Å². The van der Waals surface area contributed by atoms with Gasteiger partial charge in [-0.2, -0.15) is 0 Å². The van der Waals surface area contributed by atoms with Crippen LogP contribution in [0.15, 0.2) is 36.4 Å². The third-order valence-corrected chi connectivity index (χ3v) is 4.13. The summed E-state index contributed by atoms with van der Waals surface area (Å²) < 4.78 is 39.6. The van der Waals surface area contributed by atoms with Gasteiger partial charge in [-0.15, -0.1) is 0 Å². The van der Waals surface area contributed by atoms with Gasteiger partial charge in [0.15, 0.2) is 17.5 Å². The van der Waals surface area contributed by atoms with Crippen LogP contribution >= 0.6 is 0 Å². The molecule has 0 atom stereocenters. The Bertz CT molecular complexity index is 759. The first kappa shape index (κ1) is 17.1. The Morgan fingerprint density at radius 2 is 1.52 bits per heavy atom. The molecule has 2 aromatic carbocycles. The molecule has 0 saturated carbocycles. The summed E-state index contributed by atoms with van der Waals surface area (Å²) >= 11 is 0. The highest BCUT2D eigenvalue weighted by Crippen LogP contribution is 2.23. The summed E-state index contributed by atoms with van der Waals surface area (Å²) in [6, 6.07) is 8.26. The van der Waals surface area contributed by atoms with Gasteiger partial charge >= 0.3 is 6.03 Å². The predicted molar refractivity (Wildman–Crippen MR) is 91.5 cm³/mol. The lowest BCUT2D eigenvalue weighted by molar-refractivity contribution is 0.262. The lowest BCUT2D eigenvalue weighted by atomic mass is 10.1. The maximum absolute atomic E-state index is 13.6. The number of hydrogen-bond donors (Lipinski definition) is 2. The van der Waals surface area contributed by atoms with Crippen molar-refractivity contribution in [2.24, 2.45) is 0 Å². The second-order valence-electron chi connectivity index (χ2n) is 5.90. The smallest absolute Gasteiger partial charge is 0.323 e. The number of halogens is 3. The number of rotatable bonds is 3. The Balaban J connectivity index is 1.62. The maximum Gasteiger partial charge on any atom is 0.323 e. The minimum Gasteiger partial charge on any atom is -0.372 e. The number of anilines is 3. The third kappa shape index (κ3) is 4.04. The van der Waals surface area contributed by atoms with Gasteiger partial charge in [-0.1, -0.05) is 0 Å². The number of nitrogens with zero attached hydrogens (tertiary/aromatic N) is 1. The Kier molecular flexibility index (Phi) is 5.11. The zero-order valence-corrected chi connectivity index (χ0v) is 13.5. The monoisotopic (exact) mass is 349 g/mol. The first-order valence-electron chi connectivity index (χ1n) is 8.11. The van der Waals surface area contributed by atoms with Crippen LogP contribution in [-0.2, 0) is 0 Å². The maximum atomic E-state index is 13.6. The number of carbonyl (C=O) groups is 1. The topological polar surface area (TPSA) is 44.4 Å². The molecule has 2 N–H and O–H groups in total. The van der Waals surface area contributed by atoms with Crippen molar-refractivity contribution in [3.63, 3.8) is 0 Å². The molecule has 1 aliphatic rings. The quantitative estimate of drug-likeness (QED) is 0.786. The van der Waals surface area contributed by atoms with Gasteiger partial charge in [0.25, 0.3) is 0 Å². The van der Waals surface area contributed by atoms with Crippen molar-refractivity contribution in [2.75, 3.05) is 28.6 Å². The van der Waals surface area contributed by atoms with Crippen molar-refractivity contribution < 1.29 is 18.0 Å². The lowest BCUT2D eigenvalue weighted by Crippen LogP contribution is -2.29. The molecule has 2 aromatic rings. The third-order valence-electron chi connectivity index (χ3n) is 4.13. The molecule has 1 fully saturated rings. The van der Waals surface area contributed by atoms with Crippen LogP contribution in [0.3, 0.4) is 0 Å². The first-order valence-corrected chi connectivity index (χ1v) is 8.11. The van der Waals surface area contributed by atoms with Crippen molar-refractivity contribution in [1.82, 2.24) is 0 Å². The van der Waals surface area contributed by atoms with Crippen molar-refractivity contribution >= 4 is 23.1 Å². The second-order valence-corrected chi connectivity index (χ2v) is 5.90. The SMILES string of the molecule is O=C(Nc1ccc(N2CCCCC2)cc1)Nc1ccc(F)c(F)c1F. The van der Waals surface area contributed by atoms with Gasteiger partial charge < -0.3 is 15.5 Å². The summed E-state index contributed by atoms with van der Waals surface area (Å²) in [4.78, 5) is 14.2. The van der Waals surface area contributed by atoms with Crippen LogP contribution in [0.5, 0.6) is 0 Å². The largest absolute Gasteiger partial charge is 0.372 e. The second kappa shape index (κ2) is 7.46. The Morgan fingerprint density at radius 1 is 0.840 bits per heavy atom. The molecule has 2 amide bonds. The summed E-state index contributed by atoms with van der Waals surface area (Å²) in [5.41, 5.74) is 1.17. The van der Waals surface area contributed by atoms with Crippen molar-refractivity contribution in [3.05, 3.63) is 53.8 Å². The summed E-state index contributed by atoms with van der Waals surface area (Å²) in [5, 5.41) is 4.69. The van der Waals surface area contributed by atoms with Gasteiger partial charge in [0.2, 0.25) is 0 Å². The molecule has 25 heavy (non-hydrogen) atoms. The molecule has 0 aromatic heterocycles. The number of amides is 2. The molecule has 0 radical (unpaired) electrons. The molecular weight excluding hydrogens is 331 g/mol. The molecule has 0 bridgehead atoms. The molecule has 7 heteroatoms. The van der Waals surface area contributed by atoms with E-state index >= 15 is 0 Å². The molecule has 1 heterocycles. The fourth-order valence-corrected chi connectivity index (χ4v) is 2.81.